The predicted octanol–water partition coefficient (Wildman–Crippen LogP) is 3.88. The highest BCUT2D eigenvalue weighted by molar-refractivity contribution is 7.98. The molecule has 12 heavy (non-hydrogen) atoms. The van der Waals surface area contributed by atoms with E-state index in [-0.39, 0.29) is 0 Å². The van der Waals surface area contributed by atoms with Crippen LogP contribution < -0.4 is 0 Å². The minimum absolute atomic E-state index is 0.478. The van der Waals surface area contributed by atoms with E-state index in [0.29, 0.717) is 5.41 Å². The Morgan fingerprint density at radius 2 is 2.08 bits per heavy atom. The van der Waals surface area contributed by atoms with Crippen LogP contribution in [0.2, 0.25) is 0 Å². The van der Waals surface area contributed by atoms with Crippen LogP contribution in [0.4, 0.5) is 0 Å². The molecule has 0 radical (unpaired) electrons. The lowest BCUT2D eigenvalue weighted by molar-refractivity contribution is 0.369. The van der Waals surface area contributed by atoms with Crippen molar-refractivity contribution in [1.29, 1.82) is 0 Å². The molecule has 1 aliphatic rings. The van der Waals surface area contributed by atoms with Gasteiger partial charge in [0, 0.05) is 5.75 Å². The zero-order valence-corrected chi connectivity index (χ0v) is 9.55. The highest BCUT2D eigenvalue weighted by Crippen LogP contribution is 2.41. The molecule has 1 aliphatic carbocycles. The van der Waals surface area contributed by atoms with E-state index >= 15 is 0 Å². The molecule has 0 aromatic carbocycles. The molecule has 0 aromatic heterocycles. The van der Waals surface area contributed by atoms with Gasteiger partial charge in [-0.2, -0.15) is 11.8 Å². The smallest absolute Gasteiger partial charge is 0.0148 e. The van der Waals surface area contributed by atoms with Crippen molar-refractivity contribution in [3.8, 4) is 0 Å². The molecule has 0 spiro atoms. The van der Waals surface area contributed by atoms with E-state index in [4.69, 9.17) is 0 Å². The summed E-state index contributed by atoms with van der Waals surface area (Å²) < 4.78 is 0. The molecule has 0 nitrogen and oxygen atoms in total. The lowest BCUT2D eigenvalue weighted by Crippen LogP contribution is -2.21. The fraction of sp³-hybridized carbons (Fsp3) is 0.818. The van der Waals surface area contributed by atoms with E-state index < -0.39 is 0 Å². The monoisotopic (exact) mass is 184 g/mol. The summed E-state index contributed by atoms with van der Waals surface area (Å²) in [5, 5.41) is 0. The molecule has 1 heteroatoms. The van der Waals surface area contributed by atoms with Crippen molar-refractivity contribution in [3.63, 3.8) is 0 Å². The second-order valence-electron chi connectivity index (χ2n) is 4.43. The highest BCUT2D eigenvalue weighted by Gasteiger charge is 2.27. The quantitative estimate of drug-likeness (QED) is 0.587. The highest BCUT2D eigenvalue weighted by atomic mass is 32.2. The molecule has 1 rings (SSSR count). The van der Waals surface area contributed by atoms with E-state index in [0.717, 1.165) is 0 Å². The maximum atomic E-state index is 2.39. The zero-order chi connectivity index (χ0) is 9.19. The van der Waals surface area contributed by atoms with Gasteiger partial charge in [-0.25, -0.2) is 0 Å². The van der Waals surface area contributed by atoms with Gasteiger partial charge in [0.15, 0.2) is 0 Å². The van der Waals surface area contributed by atoms with Crippen molar-refractivity contribution in [3.05, 3.63) is 11.1 Å². The van der Waals surface area contributed by atoms with Gasteiger partial charge in [-0.1, -0.05) is 25.0 Å². The summed E-state index contributed by atoms with van der Waals surface area (Å²) in [7, 11) is 0. The lowest BCUT2D eigenvalue weighted by Gasteiger charge is -2.34. The number of rotatable bonds is 2. The van der Waals surface area contributed by atoms with Gasteiger partial charge in [0.1, 0.15) is 0 Å². The van der Waals surface area contributed by atoms with Crippen molar-refractivity contribution >= 4 is 11.8 Å². The molecule has 0 aliphatic heterocycles. The van der Waals surface area contributed by atoms with Gasteiger partial charge >= 0.3 is 0 Å². The first-order valence-electron chi connectivity index (χ1n) is 4.76. The van der Waals surface area contributed by atoms with Crippen LogP contribution in [0.3, 0.4) is 0 Å². The molecule has 0 unspecified atom stereocenters. The Bertz CT molecular complexity index is 189. The van der Waals surface area contributed by atoms with Crippen molar-refractivity contribution < 1.29 is 0 Å². The maximum absolute atomic E-state index is 2.39. The third-order valence-electron chi connectivity index (χ3n) is 2.97. The van der Waals surface area contributed by atoms with Crippen LogP contribution in [0.1, 0.15) is 40.0 Å². The fourth-order valence-corrected chi connectivity index (χ4v) is 3.06. The summed E-state index contributed by atoms with van der Waals surface area (Å²) in [6.07, 6.45) is 6.29. The van der Waals surface area contributed by atoms with E-state index in [2.05, 4.69) is 27.0 Å². The molecule has 0 amide bonds. The molecule has 0 fully saturated rings. The topological polar surface area (TPSA) is 0 Å². The number of allylic oxidation sites excluding steroid dienone is 1. The van der Waals surface area contributed by atoms with Gasteiger partial charge < -0.3 is 0 Å². The van der Waals surface area contributed by atoms with E-state index in [1.807, 2.05) is 11.8 Å². The summed E-state index contributed by atoms with van der Waals surface area (Å²) in [5.74, 6) is 1.23. The molecule has 0 atom stereocenters. The van der Waals surface area contributed by atoms with Crippen molar-refractivity contribution in [1.82, 2.24) is 0 Å². The third-order valence-corrected chi connectivity index (χ3v) is 3.55. The minimum Gasteiger partial charge on any atom is -0.161 e. The average Bonchev–Trinajstić information content (AvgIpc) is 1.97. The Balaban J connectivity index is 2.84. The second-order valence-corrected chi connectivity index (χ2v) is 5.30. The Morgan fingerprint density at radius 3 is 2.58 bits per heavy atom. The van der Waals surface area contributed by atoms with Gasteiger partial charge in [-0.15, -0.1) is 0 Å². The summed E-state index contributed by atoms with van der Waals surface area (Å²) in [5.41, 5.74) is 3.84. The van der Waals surface area contributed by atoms with Crippen LogP contribution in [0.25, 0.3) is 0 Å². The zero-order valence-electron chi connectivity index (χ0n) is 8.74. The first-order chi connectivity index (χ1) is 5.58. The Hall–Kier alpha value is 0.0900. The van der Waals surface area contributed by atoms with Gasteiger partial charge in [0.25, 0.3) is 0 Å². The Kier molecular flexibility index (Phi) is 3.28. The maximum Gasteiger partial charge on any atom is 0.0148 e. The standard InChI is InChI=1S/C11H20S/c1-9-6-5-7-11(2,3)10(9)8-12-4/h5-8H2,1-4H3. The molecule has 0 aromatic rings. The summed E-state index contributed by atoms with van der Waals surface area (Å²) in [6, 6.07) is 0. The second kappa shape index (κ2) is 3.87. The average molecular weight is 184 g/mol. The molecule has 0 bridgehead atoms. The van der Waals surface area contributed by atoms with Gasteiger partial charge in [0.2, 0.25) is 0 Å². The van der Waals surface area contributed by atoms with Crippen LogP contribution in [-0.4, -0.2) is 12.0 Å². The van der Waals surface area contributed by atoms with Crippen LogP contribution in [0.15, 0.2) is 11.1 Å². The van der Waals surface area contributed by atoms with Gasteiger partial charge in [-0.05, 0) is 37.9 Å². The van der Waals surface area contributed by atoms with E-state index in [1.165, 1.54) is 25.0 Å². The van der Waals surface area contributed by atoms with Crippen molar-refractivity contribution in [2.45, 2.75) is 40.0 Å². The third kappa shape index (κ3) is 2.07. The minimum atomic E-state index is 0.478. The van der Waals surface area contributed by atoms with Crippen LogP contribution in [0.5, 0.6) is 0 Å². The molecule has 0 heterocycles. The van der Waals surface area contributed by atoms with Crippen LogP contribution >= 0.6 is 11.8 Å². The van der Waals surface area contributed by atoms with Crippen LogP contribution in [0, 0.1) is 5.41 Å². The molecule has 0 saturated carbocycles. The first kappa shape index (κ1) is 10.2. The fourth-order valence-electron chi connectivity index (χ4n) is 2.14. The summed E-state index contributed by atoms with van der Waals surface area (Å²) in [6.45, 7) is 7.09. The van der Waals surface area contributed by atoms with Gasteiger partial charge in [-0.3, -0.25) is 0 Å². The summed E-state index contributed by atoms with van der Waals surface area (Å²) in [4.78, 5) is 0. The van der Waals surface area contributed by atoms with E-state index in [9.17, 15) is 0 Å². The predicted molar refractivity (Wildman–Crippen MR) is 58.7 cm³/mol. The Labute approximate surface area is 80.8 Å². The largest absolute Gasteiger partial charge is 0.161 e. The molecule has 0 N–H and O–H groups in total. The molecular formula is C11H20S. The van der Waals surface area contributed by atoms with E-state index in [1.54, 1.807) is 11.1 Å². The molecule has 0 saturated heterocycles. The number of hydrogen-bond donors (Lipinski definition) is 0. The van der Waals surface area contributed by atoms with Crippen LogP contribution in [-0.2, 0) is 0 Å². The lowest BCUT2D eigenvalue weighted by atomic mass is 9.73. The summed E-state index contributed by atoms with van der Waals surface area (Å²) >= 11 is 1.96. The molecule has 70 valence electrons. The molecular weight excluding hydrogens is 164 g/mol. The Morgan fingerprint density at radius 1 is 1.42 bits per heavy atom. The first-order valence-corrected chi connectivity index (χ1v) is 6.15. The SMILES string of the molecule is CSCC1=C(C)CCCC1(C)C. The van der Waals surface area contributed by atoms with Gasteiger partial charge in [0.05, 0.1) is 0 Å². The number of thioether (sulfide) groups is 1. The normalized spacial score (nSPS) is 23.0. The van der Waals surface area contributed by atoms with Crippen molar-refractivity contribution in [2.24, 2.45) is 5.41 Å². The van der Waals surface area contributed by atoms with Crippen molar-refractivity contribution in [2.75, 3.05) is 12.0 Å². The number of hydrogen-bond acceptors (Lipinski definition) is 1.